The smallest absolute Gasteiger partial charge is 0.411 e. The number of amides is 1. The predicted octanol–water partition coefficient (Wildman–Crippen LogP) is 5.07. The lowest BCUT2D eigenvalue weighted by molar-refractivity contribution is 0.160. The number of carbonyl (C=O) groups is 1. The summed E-state index contributed by atoms with van der Waals surface area (Å²) in [5.74, 6) is 0.258. The van der Waals surface area contributed by atoms with E-state index >= 15 is 0 Å². The molecule has 0 saturated carbocycles. The molecule has 2 aromatic carbocycles. The zero-order chi connectivity index (χ0) is 17.6. The number of unbranched alkanes of at least 4 members (excludes halogenated alkanes) is 1. The fourth-order valence-electron chi connectivity index (χ4n) is 2.49. The van der Waals surface area contributed by atoms with E-state index in [0.29, 0.717) is 12.3 Å². The topological polar surface area (TPSA) is 58.6 Å². The molecule has 0 heterocycles. The van der Waals surface area contributed by atoms with Crippen molar-refractivity contribution < 1.29 is 14.6 Å². The Morgan fingerprint density at radius 3 is 2.46 bits per heavy atom. The number of aromatic hydroxyl groups is 1. The second-order valence-electron chi connectivity index (χ2n) is 6.37. The van der Waals surface area contributed by atoms with Gasteiger partial charge in [-0.2, -0.15) is 0 Å². The van der Waals surface area contributed by atoms with Crippen LogP contribution in [0.5, 0.6) is 5.75 Å². The average molecular weight is 327 g/mol. The minimum atomic E-state index is -0.427. The molecule has 128 valence electrons. The summed E-state index contributed by atoms with van der Waals surface area (Å²) in [6, 6.07) is 15.0. The third kappa shape index (κ3) is 4.51. The van der Waals surface area contributed by atoms with E-state index in [2.05, 4.69) is 19.2 Å². The van der Waals surface area contributed by atoms with Gasteiger partial charge in [0.2, 0.25) is 0 Å². The molecular weight excluding hydrogens is 302 g/mol. The Morgan fingerprint density at radius 2 is 1.83 bits per heavy atom. The van der Waals surface area contributed by atoms with Crippen LogP contribution in [0.2, 0.25) is 0 Å². The van der Waals surface area contributed by atoms with E-state index in [1.165, 1.54) is 0 Å². The van der Waals surface area contributed by atoms with Crippen molar-refractivity contribution in [2.24, 2.45) is 0 Å². The molecule has 4 heteroatoms. The fourth-order valence-corrected chi connectivity index (χ4v) is 2.49. The lowest BCUT2D eigenvalue weighted by atomic mass is 9.78. The first kappa shape index (κ1) is 17.9. The summed E-state index contributed by atoms with van der Waals surface area (Å²) < 4.78 is 5.09. The van der Waals surface area contributed by atoms with Gasteiger partial charge in [-0.3, -0.25) is 5.32 Å². The van der Waals surface area contributed by atoms with E-state index in [-0.39, 0.29) is 11.2 Å². The van der Waals surface area contributed by atoms with E-state index < -0.39 is 6.09 Å². The number of ether oxygens (including phenoxy) is 1. The number of anilines is 1. The van der Waals surface area contributed by atoms with Crippen LogP contribution in [0.25, 0.3) is 0 Å². The molecule has 0 bridgehead atoms. The lowest BCUT2D eigenvalue weighted by Gasteiger charge is -2.26. The van der Waals surface area contributed by atoms with Crippen molar-refractivity contribution in [1.29, 1.82) is 0 Å². The maximum absolute atomic E-state index is 11.7. The van der Waals surface area contributed by atoms with Crippen LogP contribution < -0.4 is 5.32 Å². The first-order chi connectivity index (χ1) is 11.4. The van der Waals surface area contributed by atoms with Gasteiger partial charge in [0.25, 0.3) is 0 Å². The summed E-state index contributed by atoms with van der Waals surface area (Å²) in [5.41, 5.74) is 2.57. The van der Waals surface area contributed by atoms with Crippen LogP contribution in [-0.2, 0) is 10.2 Å². The number of phenolic OH excluding ortho intramolecular Hbond substituents is 1. The monoisotopic (exact) mass is 327 g/mol. The van der Waals surface area contributed by atoms with Gasteiger partial charge in [-0.1, -0.05) is 51.5 Å². The molecule has 0 spiro atoms. The van der Waals surface area contributed by atoms with Crippen LogP contribution in [0.15, 0.2) is 48.5 Å². The van der Waals surface area contributed by atoms with E-state index in [1.54, 1.807) is 12.1 Å². The highest BCUT2D eigenvalue weighted by molar-refractivity contribution is 5.84. The summed E-state index contributed by atoms with van der Waals surface area (Å²) in [6.07, 6.45) is 1.43. The van der Waals surface area contributed by atoms with Gasteiger partial charge in [0, 0.05) is 11.1 Å². The van der Waals surface area contributed by atoms with Crippen molar-refractivity contribution >= 4 is 11.8 Å². The quantitative estimate of drug-likeness (QED) is 0.729. The zero-order valence-electron chi connectivity index (χ0n) is 14.5. The average Bonchev–Trinajstić information content (AvgIpc) is 2.55. The molecule has 1 amide bonds. The Hall–Kier alpha value is -2.49. The summed E-state index contributed by atoms with van der Waals surface area (Å²) >= 11 is 0. The first-order valence-corrected chi connectivity index (χ1v) is 8.27. The molecule has 4 nitrogen and oxygen atoms in total. The molecule has 0 radical (unpaired) electrons. The van der Waals surface area contributed by atoms with Crippen molar-refractivity contribution in [3.8, 4) is 5.75 Å². The number of benzene rings is 2. The summed E-state index contributed by atoms with van der Waals surface area (Å²) in [5, 5.41) is 12.4. The molecule has 0 aromatic heterocycles. The maximum atomic E-state index is 11.7. The summed E-state index contributed by atoms with van der Waals surface area (Å²) in [6.45, 7) is 6.69. The number of hydrogen-bond donors (Lipinski definition) is 2. The summed E-state index contributed by atoms with van der Waals surface area (Å²) in [4.78, 5) is 11.7. The number of phenols is 1. The van der Waals surface area contributed by atoms with Crippen molar-refractivity contribution in [3.05, 3.63) is 59.7 Å². The highest BCUT2D eigenvalue weighted by Crippen LogP contribution is 2.33. The Morgan fingerprint density at radius 1 is 1.12 bits per heavy atom. The van der Waals surface area contributed by atoms with Crippen LogP contribution >= 0.6 is 0 Å². The Bertz CT molecular complexity index is 678. The molecule has 0 atom stereocenters. The van der Waals surface area contributed by atoms with Gasteiger partial charge in [-0.05, 0) is 41.8 Å². The molecule has 2 rings (SSSR count). The highest BCUT2D eigenvalue weighted by Gasteiger charge is 2.23. The summed E-state index contributed by atoms with van der Waals surface area (Å²) in [7, 11) is 0. The Balaban J connectivity index is 2.07. The normalized spacial score (nSPS) is 11.1. The third-order valence-corrected chi connectivity index (χ3v) is 4.15. The van der Waals surface area contributed by atoms with Gasteiger partial charge in [0.15, 0.2) is 0 Å². The van der Waals surface area contributed by atoms with Gasteiger partial charge < -0.3 is 9.84 Å². The second-order valence-corrected chi connectivity index (χ2v) is 6.37. The van der Waals surface area contributed by atoms with Gasteiger partial charge in [-0.25, -0.2) is 4.79 Å². The Kier molecular flexibility index (Phi) is 5.85. The van der Waals surface area contributed by atoms with Gasteiger partial charge >= 0.3 is 6.09 Å². The number of rotatable bonds is 6. The molecular formula is C20H25NO3. The van der Waals surface area contributed by atoms with Gasteiger partial charge in [-0.15, -0.1) is 0 Å². The third-order valence-electron chi connectivity index (χ3n) is 4.15. The van der Waals surface area contributed by atoms with Gasteiger partial charge in [0.05, 0.1) is 6.61 Å². The van der Waals surface area contributed by atoms with Crippen LogP contribution in [0.4, 0.5) is 10.5 Å². The van der Waals surface area contributed by atoms with Crippen LogP contribution in [0, 0.1) is 0 Å². The zero-order valence-corrected chi connectivity index (χ0v) is 14.5. The molecule has 2 aromatic rings. The maximum Gasteiger partial charge on any atom is 0.411 e. The number of hydrogen-bond acceptors (Lipinski definition) is 3. The second kappa shape index (κ2) is 7.86. The Labute approximate surface area is 143 Å². The van der Waals surface area contributed by atoms with Crippen LogP contribution in [0.1, 0.15) is 44.7 Å². The fraction of sp³-hybridized carbons (Fsp3) is 0.350. The minimum Gasteiger partial charge on any atom is -0.508 e. The molecule has 24 heavy (non-hydrogen) atoms. The highest BCUT2D eigenvalue weighted by atomic mass is 16.5. The van der Waals surface area contributed by atoms with E-state index in [0.717, 1.165) is 24.0 Å². The van der Waals surface area contributed by atoms with Crippen molar-refractivity contribution in [2.45, 2.75) is 39.0 Å². The standard InChI is InChI=1S/C20H25NO3/c1-4-5-13-24-19(23)21-17-11-9-15(10-12-17)20(2,3)16-7-6-8-18(22)14-16/h6-12,14,22H,4-5,13H2,1-3H3,(H,21,23). The van der Waals surface area contributed by atoms with Crippen LogP contribution in [0.3, 0.4) is 0 Å². The van der Waals surface area contributed by atoms with Crippen LogP contribution in [-0.4, -0.2) is 17.8 Å². The number of carbonyl (C=O) groups excluding carboxylic acids is 1. The van der Waals surface area contributed by atoms with E-state index in [9.17, 15) is 9.90 Å². The van der Waals surface area contributed by atoms with Gasteiger partial charge in [0.1, 0.15) is 5.75 Å². The molecule has 0 aliphatic carbocycles. The molecule has 0 saturated heterocycles. The van der Waals surface area contributed by atoms with Crippen molar-refractivity contribution in [1.82, 2.24) is 0 Å². The predicted molar refractivity (Wildman–Crippen MR) is 96.6 cm³/mol. The molecule has 0 unspecified atom stereocenters. The lowest BCUT2D eigenvalue weighted by Crippen LogP contribution is -2.19. The van der Waals surface area contributed by atoms with Crippen molar-refractivity contribution in [2.75, 3.05) is 11.9 Å². The number of nitrogens with one attached hydrogen (secondary N) is 1. The molecule has 0 aliphatic heterocycles. The first-order valence-electron chi connectivity index (χ1n) is 8.27. The van der Waals surface area contributed by atoms with Crippen molar-refractivity contribution in [3.63, 3.8) is 0 Å². The van der Waals surface area contributed by atoms with E-state index in [1.807, 2.05) is 43.3 Å². The largest absolute Gasteiger partial charge is 0.508 e. The van der Waals surface area contributed by atoms with E-state index in [4.69, 9.17) is 4.74 Å². The molecule has 2 N–H and O–H groups in total. The molecule has 0 fully saturated rings. The minimum absolute atomic E-state index is 0.251. The molecule has 0 aliphatic rings. The SMILES string of the molecule is CCCCOC(=O)Nc1ccc(C(C)(C)c2cccc(O)c2)cc1.